The van der Waals surface area contributed by atoms with Crippen LogP contribution in [0.5, 0.6) is 0 Å². The summed E-state index contributed by atoms with van der Waals surface area (Å²) in [5.41, 5.74) is 1.02. The Balaban J connectivity index is 1.93. The summed E-state index contributed by atoms with van der Waals surface area (Å²) < 4.78 is 12.8. The Labute approximate surface area is 105 Å². The Morgan fingerprint density at radius 1 is 1.44 bits per heavy atom. The standard InChI is InChI=1S/C13H14ClFS/c14-13-8-11(15)7-6-10(13)9-16-12-4-2-1-3-5-12/h2,4,6-8,12H,1,3,5,9H2. The molecule has 0 heterocycles. The molecule has 0 spiro atoms. The number of allylic oxidation sites excluding steroid dienone is 1. The minimum absolute atomic E-state index is 0.267. The molecule has 1 aromatic carbocycles. The molecule has 2 rings (SSSR count). The predicted octanol–water partition coefficient (Wildman–Crippen LogP) is 4.82. The van der Waals surface area contributed by atoms with Crippen molar-refractivity contribution in [1.82, 2.24) is 0 Å². The Morgan fingerprint density at radius 3 is 3.00 bits per heavy atom. The maximum Gasteiger partial charge on any atom is 0.124 e. The van der Waals surface area contributed by atoms with E-state index in [-0.39, 0.29) is 5.82 Å². The normalized spacial score (nSPS) is 20.0. The molecule has 0 fully saturated rings. The van der Waals surface area contributed by atoms with Gasteiger partial charge in [0.15, 0.2) is 0 Å². The summed E-state index contributed by atoms with van der Waals surface area (Å²) in [6.07, 6.45) is 8.22. The predicted molar refractivity (Wildman–Crippen MR) is 69.5 cm³/mol. The van der Waals surface area contributed by atoms with Gasteiger partial charge in [-0.1, -0.05) is 29.8 Å². The molecule has 16 heavy (non-hydrogen) atoms. The van der Waals surface area contributed by atoms with E-state index < -0.39 is 0 Å². The van der Waals surface area contributed by atoms with E-state index in [0.717, 1.165) is 11.3 Å². The van der Waals surface area contributed by atoms with Gasteiger partial charge < -0.3 is 0 Å². The average Bonchev–Trinajstić information content (AvgIpc) is 2.29. The van der Waals surface area contributed by atoms with E-state index in [4.69, 9.17) is 11.6 Å². The third kappa shape index (κ3) is 3.26. The molecule has 0 amide bonds. The summed E-state index contributed by atoms with van der Waals surface area (Å²) in [6, 6.07) is 4.63. The van der Waals surface area contributed by atoms with E-state index >= 15 is 0 Å². The van der Waals surface area contributed by atoms with Crippen molar-refractivity contribution in [2.75, 3.05) is 0 Å². The SMILES string of the molecule is Fc1ccc(CSC2C=CCCC2)c(Cl)c1. The molecule has 0 bridgehead atoms. The van der Waals surface area contributed by atoms with E-state index in [1.54, 1.807) is 6.07 Å². The van der Waals surface area contributed by atoms with Gasteiger partial charge in [0.25, 0.3) is 0 Å². The van der Waals surface area contributed by atoms with Gasteiger partial charge in [0.05, 0.1) is 0 Å². The Kier molecular flexibility index (Phi) is 4.30. The first-order chi connectivity index (χ1) is 7.75. The molecule has 0 saturated heterocycles. The first-order valence-corrected chi connectivity index (χ1v) is 6.90. The Morgan fingerprint density at radius 2 is 2.31 bits per heavy atom. The lowest BCUT2D eigenvalue weighted by atomic mass is 10.1. The zero-order chi connectivity index (χ0) is 11.4. The first kappa shape index (κ1) is 12.0. The lowest BCUT2D eigenvalue weighted by molar-refractivity contribution is 0.627. The fourth-order valence-electron chi connectivity index (χ4n) is 1.76. The monoisotopic (exact) mass is 256 g/mol. The van der Waals surface area contributed by atoms with Crippen LogP contribution in [0, 0.1) is 5.82 Å². The fourth-order valence-corrected chi connectivity index (χ4v) is 3.27. The molecule has 0 aliphatic heterocycles. The second-order valence-corrected chi connectivity index (χ2v) is 5.58. The van der Waals surface area contributed by atoms with Gasteiger partial charge in [-0.25, -0.2) is 4.39 Å². The van der Waals surface area contributed by atoms with Crippen LogP contribution in [-0.2, 0) is 5.75 Å². The van der Waals surface area contributed by atoms with Crippen molar-refractivity contribution in [2.45, 2.75) is 30.3 Å². The third-order valence-electron chi connectivity index (χ3n) is 2.68. The van der Waals surface area contributed by atoms with Gasteiger partial charge in [0.1, 0.15) is 5.82 Å². The van der Waals surface area contributed by atoms with Gasteiger partial charge in [0.2, 0.25) is 0 Å². The van der Waals surface area contributed by atoms with Crippen molar-refractivity contribution < 1.29 is 4.39 Å². The zero-order valence-corrected chi connectivity index (χ0v) is 10.5. The molecule has 0 aromatic heterocycles. The van der Waals surface area contributed by atoms with Crippen molar-refractivity contribution >= 4 is 23.4 Å². The van der Waals surface area contributed by atoms with Crippen molar-refractivity contribution in [2.24, 2.45) is 0 Å². The van der Waals surface area contributed by atoms with Crippen LogP contribution in [0.4, 0.5) is 4.39 Å². The van der Waals surface area contributed by atoms with Crippen molar-refractivity contribution in [3.05, 3.63) is 46.8 Å². The van der Waals surface area contributed by atoms with Crippen LogP contribution in [0.25, 0.3) is 0 Å². The van der Waals surface area contributed by atoms with Gasteiger partial charge >= 0.3 is 0 Å². The molecule has 0 N–H and O–H groups in total. The van der Waals surface area contributed by atoms with Gasteiger partial charge in [-0.15, -0.1) is 11.8 Å². The van der Waals surface area contributed by atoms with E-state index in [1.807, 2.05) is 11.8 Å². The van der Waals surface area contributed by atoms with Crippen LogP contribution >= 0.6 is 23.4 Å². The average molecular weight is 257 g/mol. The first-order valence-electron chi connectivity index (χ1n) is 5.48. The highest BCUT2D eigenvalue weighted by Gasteiger charge is 2.10. The molecular formula is C13H14ClFS. The fraction of sp³-hybridized carbons (Fsp3) is 0.385. The minimum atomic E-state index is -0.267. The minimum Gasteiger partial charge on any atom is -0.207 e. The number of halogens is 2. The van der Waals surface area contributed by atoms with Crippen molar-refractivity contribution in [3.63, 3.8) is 0 Å². The van der Waals surface area contributed by atoms with Crippen LogP contribution in [0.2, 0.25) is 5.02 Å². The summed E-state index contributed by atoms with van der Waals surface area (Å²) in [5.74, 6) is 0.588. The van der Waals surface area contributed by atoms with E-state index in [2.05, 4.69) is 12.2 Å². The highest BCUT2D eigenvalue weighted by atomic mass is 35.5. The van der Waals surface area contributed by atoms with Crippen LogP contribution in [0.3, 0.4) is 0 Å². The topological polar surface area (TPSA) is 0 Å². The molecule has 0 saturated carbocycles. The molecule has 1 aliphatic carbocycles. The molecule has 0 radical (unpaired) electrons. The highest BCUT2D eigenvalue weighted by molar-refractivity contribution is 7.99. The number of thioether (sulfide) groups is 1. The summed E-state index contributed by atoms with van der Waals surface area (Å²) in [4.78, 5) is 0. The van der Waals surface area contributed by atoms with Crippen LogP contribution in [-0.4, -0.2) is 5.25 Å². The summed E-state index contributed by atoms with van der Waals surface area (Å²) >= 11 is 7.85. The van der Waals surface area contributed by atoms with E-state index in [0.29, 0.717) is 10.3 Å². The lowest BCUT2D eigenvalue weighted by Crippen LogP contribution is -2.02. The number of benzene rings is 1. The summed E-state index contributed by atoms with van der Waals surface area (Å²) in [5, 5.41) is 1.13. The number of rotatable bonds is 3. The summed E-state index contributed by atoms with van der Waals surface area (Å²) in [7, 11) is 0. The molecule has 1 atom stereocenters. The van der Waals surface area contributed by atoms with Gasteiger partial charge in [-0.2, -0.15) is 0 Å². The van der Waals surface area contributed by atoms with Gasteiger partial charge in [-0.3, -0.25) is 0 Å². The van der Waals surface area contributed by atoms with Gasteiger partial charge in [0, 0.05) is 16.0 Å². The molecule has 1 aromatic rings. The van der Waals surface area contributed by atoms with E-state index in [9.17, 15) is 4.39 Å². The van der Waals surface area contributed by atoms with Crippen LogP contribution in [0.15, 0.2) is 30.4 Å². The third-order valence-corrected chi connectivity index (χ3v) is 4.33. The Hall–Kier alpha value is -0.470. The molecule has 86 valence electrons. The number of hydrogen-bond donors (Lipinski definition) is 0. The molecular weight excluding hydrogens is 243 g/mol. The smallest absolute Gasteiger partial charge is 0.124 e. The van der Waals surface area contributed by atoms with Crippen molar-refractivity contribution in [1.29, 1.82) is 0 Å². The Bertz CT molecular complexity index is 390. The summed E-state index contributed by atoms with van der Waals surface area (Å²) in [6.45, 7) is 0. The quantitative estimate of drug-likeness (QED) is 0.699. The van der Waals surface area contributed by atoms with Gasteiger partial charge in [-0.05, 0) is 37.0 Å². The number of hydrogen-bond acceptors (Lipinski definition) is 1. The molecule has 1 unspecified atom stereocenters. The molecule has 3 heteroatoms. The maximum absolute atomic E-state index is 12.8. The van der Waals surface area contributed by atoms with Crippen LogP contribution < -0.4 is 0 Å². The highest BCUT2D eigenvalue weighted by Crippen LogP contribution is 2.29. The zero-order valence-electron chi connectivity index (χ0n) is 8.96. The second-order valence-electron chi connectivity index (χ2n) is 3.94. The molecule has 1 aliphatic rings. The van der Waals surface area contributed by atoms with Crippen molar-refractivity contribution in [3.8, 4) is 0 Å². The molecule has 0 nitrogen and oxygen atoms in total. The second kappa shape index (κ2) is 5.74. The van der Waals surface area contributed by atoms with E-state index in [1.165, 1.54) is 31.4 Å². The maximum atomic E-state index is 12.8. The van der Waals surface area contributed by atoms with Crippen LogP contribution in [0.1, 0.15) is 24.8 Å². The largest absolute Gasteiger partial charge is 0.207 e. The lowest BCUT2D eigenvalue weighted by Gasteiger charge is -2.16.